The van der Waals surface area contributed by atoms with Crippen molar-refractivity contribution >= 4 is 12.0 Å². The van der Waals surface area contributed by atoms with E-state index in [1.165, 1.54) is 7.05 Å². The standard InChI is InChI=1S/C16H21N3O3/c1-16(2,3)22-15(21)19-13(14(20)17-4)10-7-9-12-8-5-6-11-18-12/h5-6,8,11,13H,10H2,1-4H3,(H,17,20)(H,19,21). The zero-order chi connectivity index (χ0) is 16.6. The van der Waals surface area contributed by atoms with Crippen molar-refractivity contribution in [3.8, 4) is 11.8 Å². The van der Waals surface area contributed by atoms with Gasteiger partial charge in [0.15, 0.2) is 0 Å². The van der Waals surface area contributed by atoms with E-state index < -0.39 is 17.7 Å². The number of carbonyl (C=O) groups excluding carboxylic acids is 2. The highest BCUT2D eigenvalue weighted by molar-refractivity contribution is 5.85. The fourth-order valence-corrected chi connectivity index (χ4v) is 1.51. The van der Waals surface area contributed by atoms with Crippen molar-refractivity contribution in [2.24, 2.45) is 0 Å². The summed E-state index contributed by atoms with van der Waals surface area (Å²) in [7, 11) is 1.50. The smallest absolute Gasteiger partial charge is 0.408 e. The molecule has 0 aliphatic carbocycles. The van der Waals surface area contributed by atoms with Gasteiger partial charge in [-0.1, -0.05) is 12.0 Å². The van der Waals surface area contributed by atoms with Gasteiger partial charge in [-0.15, -0.1) is 0 Å². The highest BCUT2D eigenvalue weighted by Gasteiger charge is 2.22. The van der Waals surface area contributed by atoms with Crippen LogP contribution in [-0.2, 0) is 9.53 Å². The number of rotatable bonds is 3. The first kappa shape index (κ1) is 17.5. The number of alkyl carbamates (subject to hydrolysis) is 1. The third-order valence-corrected chi connectivity index (χ3v) is 2.44. The lowest BCUT2D eigenvalue weighted by atomic mass is 10.2. The van der Waals surface area contributed by atoms with E-state index in [9.17, 15) is 9.59 Å². The van der Waals surface area contributed by atoms with Crippen LogP contribution in [-0.4, -0.2) is 35.7 Å². The van der Waals surface area contributed by atoms with E-state index in [0.717, 1.165) is 0 Å². The maximum absolute atomic E-state index is 11.8. The molecule has 1 atom stereocenters. The molecule has 2 N–H and O–H groups in total. The van der Waals surface area contributed by atoms with E-state index >= 15 is 0 Å². The lowest BCUT2D eigenvalue weighted by Crippen LogP contribution is -2.47. The predicted molar refractivity (Wildman–Crippen MR) is 83.0 cm³/mol. The van der Waals surface area contributed by atoms with Gasteiger partial charge in [0.1, 0.15) is 17.3 Å². The van der Waals surface area contributed by atoms with Crippen LogP contribution in [0.3, 0.4) is 0 Å². The minimum atomic E-state index is -0.781. The fraction of sp³-hybridized carbons (Fsp3) is 0.438. The molecule has 22 heavy (non-hydrogen) atoms. The van der Waals surface area contributed by atoms with Gasteiger partial charge in [-0.05, 0) is 38.8 Å². The Kier molecular flexibility index (Phi) is 6.39. The zero-order valence-electron chi connectivity index (χ0n) is 13.3. The molecule has 1 aromatic heterocycles. The number of carbonyl (C=O) groups is 2. The quantitative estimate of drug-likeness (QED) is 0.829. The number of likely N-dealkylation sites (N-methyl/N-ethyl adjacent to an activating group) is 1. The van der Waals surface area contributed by atoms with Gasteiger partial charge >= 0.3 is 6.09 Å². The second-order valence-electron chi connectivity index (χ2n) is 5.53. The van der Waals surface area contributed by atoms with E-state index in [-0.39, 0.29) is 12.3 Å². The Hall–Kier alpha value is -2.55. The van der Waals surface area contributed by atoms with E-state index in [0.29, 0.717) is 5.69 Å². The number of nitrogens with zero attached hydrogens (tertiary/aromatic N) is 1. The molecule has 0 bridgehead atoms. The summed E-state index contributed by atoms with van der Waals surface area (Å²) >= 11 is 0. The van der Waals surface area contributed by atoms with Gasteiger partial charge in [0.05, 0.1) is 0 Å². The summed E-state index contributed by atoms with van der Waals surface area (Å²) in [4.78, 5) is 27.6. The molecule has 0 aliphatic rings. The Balaban J connectivity index is 2.68. The van der Waals surface area contributed by atoms with Gasteiger partial charge in [-0.25, -0.2) is 9.78 Å². The molecule has 2 amide bonds. The largest absolute Gasteiger partial charge is 0.444 e. The molecule has 1 rings (SSSR count). The molecular weight excluding hydrogens is 282 g/mol. The molecule has 1 heterocycles. The Morgan fingerprint density at radius 3 is 2.64 bits per heavy atom. The highest BCUT2D eigenvalue weighted by Crippen LogP contribution is 2.07. The average Bonchev–Trinajstić information content (AvgIpc) is 2.44. The number of pyridine rings is 1. The first-order valence-corrected chi connectivity index (χ1v) is 6.93. The molecule has 0 spiro atoms. The minimum absolute atomic E-state index is 0.162. The Morgan fingerprint density at radius 2 is 2.09 bits per heavy atom. The molecule has 0 saturated carbocycles. The summed E-state index contributed by atoms with van der Waals surface area (Å²) in [5.74, 6) is 5.35. The molecule has 0 fully saturated rings. The number of nitrogens with one attached hydrogen (secondary N) is 2. The maximum Gasteiger partial charge on any atom is 0.408 e. The topological polar surface area (TPSA) is 80.3 Å². The Morgan fingerprint density at radius 1 is 1.36 bits per heavy atom. The minimum Gasteiger partial charge on any atom is -0.444 e. The molecule has 6 heteroatoms. The maximum atomic E-state index is 11.8. The summed E-state index contributed by atoms with van der Waals surface area (Å²) in [5.41, 5.74) is -0.0211. The van der Waals surface area contributed by atoms with Crippen molar-refractivity contribution in [3.63, 3.8) is 0 Å². The van der Waals surface area contributed by atoms with Crippen LogP contribution in [0.1, 0.15) is 32.9 Å². The van der Waals surface area contributed by atoms with Crippen LogP contribution in [0.4, 0.5) is 4.79 Å². The molecule has 1 unspecified atom stereocenters. The molecule has 6 nitrogen and oxygen atoms in total. The Labute approximate surface area is 130 Å². The molecule has 0 aromatic carbocycles. The van der Waals surface area contributed by atoms with Gasteiger partial charge in [0, 0.05) is 19.7 Å². The number of hydrogen-bond acceptors (Lipinski definition) is 4. The van der Waals surface area contributed by atoms with Crippen LogP contribution in [0.2, 0.25) is 0 Å². The predicted octanol–water partition coefficient (Wildman–Crippen LogP) is 1.46. The van der Waals surface area contributed by atoms with E-state index in [2.05, 4.69) is 27.5 Å². The first-order chi connectivity index (χ1) is 10.3. The molecule has 0 radical (unpaired) electrons. The number of hydrogen-bond donors (Lipinski definition) is 2. The molecule has 1 aromatic rings. The van der Waals surface area contributed by atoms with Crippen LogP contribution >= 0.6 is 0 Å². The van der Waals surface area contributed by atoms with Gasteiger partial charge in [0.25, 0.3) is 0 Å². The third-order valence-electron chi connectivity index (χ3n) is 2.44. The van der Waals surface area contributed by atoms with E-state index in [4.69, 9.17) is 4.74 Å². The summed E-state index contributed by atoms with van der Waals surface area (Å²) in [6, 6.07) is 4.61. The first-order valence-electron chi connectivity index (χ1n) is 6.93. The van der Waals surface area contributed by atoms with Crippen LogP contribution in [0, 0.1) is 11.8 Å². The van der Waals surface area contributed by atoms with Gasteiger partial charge in [0.2, 0.25) is 5.91 Å². The van der Waals surface area contributed by atoms with Crippen molar-refractivity contribution in [2.75, 3.05) is 7.05 Å². The summed E-state index contributed by atoms with van der Waals surface area (Å²) in [5, 5.41) is 5.00. The number of aromatic nitrogens is 1. The summed E-state index contributed by atoms with van der Waals surface area (Å²) in [6.45, 7) is 5.26. The lowest BCUT2D eigenvalue weighted by Gasteiger charge is -2.22. The fourth-order valence-electron chi connectivity index (χ4n) is 1.51. The van der Waals surface area contributed by atoms with Crippen LogP contribution in [0.15, 0.2) is 24.4 Å². The summed E-state index contributed by atoms with van der Waals surface area (Å²) < 4.78 is 5.14. The van der Waals surface area contributed by atoms with Gasteiger partial charge < -0.3 is 15.4 Å². The van der Waals surface area contributed by atoms with E-state index in [1.54, 1.807) is 39.1 Å². The van der Waals surface area contributed by atoms with Crippen molar-refractivity contribution in [1.82, 2.24) is 15.6 Å². The van der Waals surface area contributed by atoms with Gasteiger partial charge in [-0.2, -0.15) is 0 Å². The Bertz CT molecular complexity index is 568. The second kappa shape index (κ2) is 8.03. The molecule has 0 saturated heterocycles. The monoisotopic (exact) mass is 303 g/mol. The lowest BCUT2D eigenvalue weighted by molar-refractivity contribution is -0.122. The normalized spacial score (nSPS) is 11.6. The summed E-state index contributed by atoms with van der Waals surface area (Å²) in [6.07, 6.45) is 1.15. The van der Waals surface area contributed by atoms with Crippen molar-refractivity contribution in [2.45, 2.75) is 38.8 Å². The van der Waals surface area contributed by atoms with E-state index in [1.807, 2.05) is 6.07 Å². The zero-order valence-corrected chi connectivity index (χ0v) is 13.3. The van der Waals surface area contributed by atoms with Crippen molar-refractivity contribution in [1.29, 1.82) is 0 Å². The molecular formula is C16H21N3O3. The van der Waals surface area contributed by atoms with Crippen LogP contribution in [0.25, 0.3) is 0 Å². The molecule has 0 aliphatic heterocycles. The van der Waals surface area contributed by atoms with Crippen molar-refractivity contribution in [3.05, 3.63) is 30.1 Å². The average molecular weight is 303 g/mol. The third kappa shape index (κ3) is 6.75. The highest BCUT2D eigenvalue weighted by atomic mass is 16.6. The van der Waals surface area contributed by atoms with Crippen molar-refractivity contribution < 1.29 is 14.3 Å². The number of ether oxygens (including phenoxy) is 1. The SMILES string of the molecule is CNC(=O)C(CC#Cc1ccccn1)NC(=O)OC(C)(C)C. The van der Waals surface area contributed by atoms with Crippen LogP contribution in [0.5, 0.6) is 0 Å². The molecule has 118 valence electrons. The second-order valence-corrected chi connectivity index (χ2v) is 5.53. The van der Waals surface area contributed by atoms with Crippen LogP contribution < -0.4 is 10.6 Å². The van der Waals surface area contributed by atoms with Gasteiger partial charge in [-0.3, -0.25) is 4.79 Å². The number of amides is 2.